The first-order chi connectivity index (χ1) is 9.21. The largest absolute Gasteiger partial charge is 0.375 e. The summed E-state index contributed by atoms with van der Waals surface area (Å²) in [6.07, 6.45) is 3.55. The molecular formula is C15H23NO4. The van der Waals surface area contributed by atoms with Gasteiger partial charge in [0.25, 0.3) is 11.8 Å². The van der Waals surface area contributed by atoms with Crippen LogP contribution in [0.15, 0.2) is 12.2 Å². The van der Waals surface area contributed by atoms with E-state index >= 15 is 0 Å². The van der Waals surface area contributed by atoms with E-state index in [0.717, 1.165) is 6.42 Å². The van der Waals surface area contributed by atoms with Crippen LogP contribution in [-0.4, -0.2) is 47.7 Å². The van der Waals surface area contributed by atoms with Crippen molar-refractivity contribution >= 4 is 11.8 Å². The summed E-state index contributed by atoms with van der Waals surface area (Å²) in [5.41, 5.74) is -0.311. The van der Waals surface area contributed by atoms with Gasteiger partial charge in [0.05, 0.1) is 31.0 Å². The third kappa shape index (κ3) is 3.67. The van der Waals surface area contributed by atoms with Crippen molar-refractivity contribution in [1.29, 1.82) is 0 Å². The molecule has 20 heavy (non-hydrogen) atoms. The molecule has 112 valence electrons. The van der Waals surface area contributed by atoms with Crippen LogP contribution in [0.5, 0.6) is 0 Å². The molecule has 0 bridgehead atoms. The number of carbonyl (C=O) groups is 2. The van der Waals surface area contributed by atoms with Gasteiger partial charge in [0.15, 0.2) is 0 Å². The Bertz CT molecular complexity index is 420. The molecular weight excluding hydrogens is 258 g/mol. The van der Waals surface area contributed by atoms with Crippen LogP contribution in [0, 0.1) is 5.92 Å². The van der Waals surface area contributed by atoms with Gasteiger partial charge in [-0.3, -0.25) is 14.5 Å². The lowest BCUT2D eigenvalue weighted by Crippen LogP contribution is -2.34. The lowest BCUT2D eigenvalue weighted by Gasteiger charge is -2.21. The number of ether oxygens (including phenoxy) is 2. The number of imide groups is 1. The van der Waals surface area contributed by atoms with Crippen molar-refractivity contribution in [1.82, 2.24) is 4.90 Å². The molecule has 0 N–H and O–H groups in total. The molecule has 2 amide bonds. The topological polar surface area (TPSA) is 55.8 Å². The zero-order valence-electron chi connectivity index (χ0n) is 12.6. The molecule has 2 unspecified atom stereocenters. The Balaban J connectivity index is 1.68. The Labute approximate surface area is 119 Å². The minimum Gasteiger partial charge on any atom is -0.375 e. The van der Waals surface area contributed by atoms with Crippen LogP contribution in [0.1, 0.15) is 34.1 Å². The fraction of sp³-hybridized carbons (Fsp3) is 0.733. The van der Waals surface area contributed by atoms with Crippen LogP contribution in [-0.2, 0) is 19.1 Å². The van der Waals surface area contributed by atoms with Gasteiger partial charge < -0.3 is 9.47 Å². The van der Waals surface area contributed by atoms with Crippen molar-refractivity contribution in [3.05, 3.63) is 12.2 Å². The maximum Gasteiger partial charge on any atom is 0.253 e. The van der Waals surface area contributed by atoms with Gasteiger partial charge in [-0.1, -0.05) is 0 Å². The average molecular weight is 281 g/mol. The van der Waals surface area contributed by atoms with E-state index in [4.69, 9.17) is 9.47 Å². The third-order valence-corrected chi connectivity index (χ3v) is 3.72. The maximum absolute atomic E-state index is 11.4. The highest BCUT2D eigenvalue weighted by molar-refractivity contribution is 6.12. The quantitative estimate of drug-likeness (QED) is 0.693. The summed E-state index contributed by atoms with van der Waals surface area (Å²) in [4.78, 5) is 24.0. The van der Waals surface area contributed by atoms with Gasteiger partial charge >= 0.3 is 0 Å². The van der Waals surface area contributed by atoms with Crippen LogP contribution in [0.4, 0.5) is 0 Å². The molecule has 0 aromatic carbocycles. The van der Waals surface area contributed by atoms with Gasteiger partial charge in [0.2, 0.25) is 0 Å². The van der Waals surface area contributed by atoms with E-state index in [1.807, 2.05) is 20.8 Å². The van der Waals surface area contributed by atoms with E-state index in [0.29, 0.717) is 25.7 Å². The van der Waals surface area contributed by atoms with E-state index in [-0.39, 0.29) is 23.0 Å². The predicted octanol–water partition coefficient (Wildman–Crippen LogP) is 1.52. The van der Waals surface area contributed by atoms with E-state index in [9.17, 15) is 9.59 Å². The van der Waals surface area contributed by atoms with Gasteiger partial charge in [-0.25, -0.2) is 0 Å². The van der Waals surface area contributed by atoms with Crippen LogP contribution in [0.25, 0.3) is 0 Å². The maximum atomic E-state index is 11.4. The molecule has 0 aromatic rings. The molecule has 1 aliphatic heterocycles. The molecule has 2 aliphatic rings. The SMILES string of the molecule is CC(C)(C)OCC1CC1(C)OCCN1C(=O)C=CC1=O. The zero-order valence-corrected chi connectivity index (χ0v) is 12.6. The van der Waals surface area contributed by atoms with Crippen molar-refractivity contribution in [3.63, 3.8) is 0 Å². The van der Waals surface area contributed by atoms with E-state index in [1.54, 1.807) is 0 Å². The highest BCUT2D eigenvalue weighted by Crippen LogP contribution is 2.47. The van der Waals surface area contributed by atoms with Crippen LogP contribution >= 0.6 is 0 Å². The van der Waals surface area contributed by atoms with Crippen molar-refractivity contribution in [2.75, 3.05) is 19.8 Å². The lowest BCUT2D eigenvalue weighted by atomic mass is 10.2. The lowest BCUT2D eigenvalue weighted by molar-refractivity contribution is -0.138. The molecule has 1 fully saturated rings. The second-order valence-electron chi connectivity index (χ2n) is 6.65. The zero-order chi connectivity index (χ0) is 15.0. The molecule has 0 radical (unpaired) electrons. The number of hydrogen-bond acceptors (Lipinski definition) is 4. The van der Waals surface area contributed by atoms with Gasteiger partial charge in [-0.2, -0.15) is 0 Å². The van der Waals surface area contributed by atoms with Crippen molar-refractivity contribution < 1.29 is 19.1 Å². The molecule has 1 aliphatic carbocycles. The second kappa shape index (κ2) is 5.30. The molecule has 1 heterocycles. The Hall–Kier alpha value is -1.20. The number of hydrogen-bond donors (Lipinski definition) is 0. The summed E-state index contributed by atoms with van der Waals surface area (Å²) in [5, 5.41) is 0. The molecule has 2 rings (SSSR count). The first-order valence-electron chi connectivity index (χ1n) is 7.03. The third-order valence-electron chi connectivity index (χ3n) is 3.72. The Morgan fingerprint density at radius 3 is 2.45 bits per heavy atom. The van der Waals surface area contributed by atoms with Crippen LogP contribution in [0.2, 0.25) is 0 Å². The molecule has 5 nitrogen and oxygen atoms in total. The fourth-order valence-corrected chi connectivity index (χ4v) is 2.21. The molecule has 0 saturated heterocycles. The second-order valence-corrected chi connectivity index (χ2v) is 6.65. The molecule has 0 spiro atoms. The molecule has 0 aromatic heterocycles. The van der Waals surface area contributed by atoms with Crippen LogP contribution in [0.3, 0.4) is 0 Å². The Morgan fingerprint density at radius 1 is 1.30 bits per heavy atom. The first kappa shape index (κ1) is 15.2. The number of rotatable bonds is 6. The van der Waals surface area contributed by atoms with E-state index < -0.39 is 0 Å². The molecule has 2 atom stereocenters. The van der Waals surface area contributed by atoms with E-state index in [1.165, 1.54) is 17.1 Å². The standard InChI is InChI=1S/C15H23NO4/c1-14(2,3)20-10-11-9-15(11,4)19-8-7-16-12(17)5-6-13(16)18/h5-6,11H,7-10H2,1-4H3. The number of nitrogens with zero attached hydrogens (tertiary/aromatic N) is 1. The van der Waals surface area contributed by atoms with Gasteiger partial charge in [0.1, 0.15) is 0 Å². The molecule has 1 saturated carbocycles. The monoisotopic (exact) mass is 281 g/mol. The normalized spacial score (nSPS) is 29.4. The predicted molar refractivity (Wildman–Crippen MR) is 74.0 cm³/mol. The summed E-state index contributed by atoms with van der Waals surface area (Å²) in [5.74, 6) is -0.121. The van der Waals surface area contributed by atoms with Crippen LogP contribution < -0.4 is 0 Å². The van der Waals surface area contributed by atoms with E-state index in [2.05, 4.69) is 6.92 Å². The minimum atomic E-state index is -0.257. The van der Waals surface area contributed by atoms with Crippen molar-refractivity contribution in [2.45, 2.75) is 45.3 Å². The summed E-state index contributed by atoms with van der Waals surface area (Å²) in [6, 6.07) is 0. The van der Waals surface area contributed by atoms with Gasteiger partial charge in [-0.15, -0.1) is 0 Å². The van der Waals surface area contributed by atoms with Gasteiger partial charge in [-0.05, 0) is 34.1 Å². The van der Waals surface area contributed by atoms with Crippen molar-refractivity contribution in [3.8, 4) is 0 Å². The Kier molecular flexibility index (Phi) is 4.02. The number of carbonyl (C=O) groups excluding carboxylic acids is 2. The minimum absolute atomic E-state index is 0.135. The Morgan fingerprint density at radius 2 is 1.90 bits per heavy atom. The average Bonchev–Trinajstić information content (AvgIpc) is 2.88. The summed E-state index contributed by atoms with van der Waals surface area (Å²) < 4.78 is 11.6. The van der Waals surface area contributed by atoms with Crippen molar-refractivity contribution in [2.24, 2.45) is 5.92 Å². The first-order valence-corrected chi connectivity index (χ1v) is 7.03. The smallest absolute Gasteiger partial charge is 0.253 e. The highest BCUT2D eigenvalue weighted by Gasteiger charge is 2.51. The summed E-state index contributed by atoms with van der Waals surface area (Å²) in [6.45, 7) is 9.52. The van der Waals surface area contributed by atoms with Gasteiger partial charge in [0, 0.05) is 18.1 Å². The summed E-state index contributed by atoms with van der Waals surface area (Å²) >= 11 is 0. The molecule has 5 heteroatoms. The fourth-order valence-electron chi connectivity index (χ4n) is 2.21. The number of amides is 2. The highest BCUT2D eigenvalue weighted by atomic mass is 16.5. The summed E-state index contributed by atoms with van der Waals surface area (Å²) in [7, 11) is 0.